The summed E-state index contributed by atoms with van der Waals surface area (Å²) in [4.78, 5) is 30.3. The first-order chi connectivity index (χ1) is 15.2. The summed E-state index contributed by atoms with van der Waals surface area (Å²) < 4.78 is 13.3. The van der Waals surface area contributed by atoms with Crippen LogP contribution in [0.3, 0.4) is 0 Å². The van der Waals surface area contributed by atoms with Gasteiger partial charge in [-0.2, -0.15) is 0 Å². The minimum atomic E-state index is -0.721. The first-order valence-electron chi connectivity index (χ1n) is 11.0. The van der Waals surface area contributed by atoms with E-state index in [9.17, 15) is 24.2 Å². The van der Waals surface area contributed by atoms with Crippen molar-refractivity contribution in [2.75, 3.05) is 45.8 Å². The van der Waals surface area contributed by atoms with Gasteiger partial charge < -0.3 is 20.0 Å². The third kappa shape index (κ3) is 7.00. The molecule has 7 nitrogen and oxygen atoms in total. The largest absolute Gasteiger partial charge is 0.392 e. The lowest BCUT2D eigenvalue weighted by molar-refractivity contribution is -0.132. The number of piperidine rings is 1. The van der Waals surface area contributed by atoms with E-state index >= 15 is 0 Å². The lowest BCUT2D eigenvalue weighted by Crippen LogP contribution is -2.48. The van der Waals surface area contributed by atoms with Crippen LogP contribution in [0.2, 0.25) is 5.02 Å². The van der Waals surface area contributed by atoms with E-state index in [0.29, 0.717) is 44.2 Å². The van der Waals surface area contributed by atoms with Crippen molar-refractivity contribution in [3.05, 3.63) is 40.7 Å². The first-order valence-corrected chi connectivity index (χ1v) is 11.4. The van der Waals surface area contributed by atoms with E-state index in [1.165, 1.54) is 24.3 Å². The molecule has 2 saturated heterocycles. The number of nitrogens with zero attached hydrogens (tertiary/aromatic N) is 3. The molecule has 3 atom stereocenters. The minimum absolute atomic E-state index is 0.0114. The number of rotatable bonds is 6. The zero-order chi connectivity index (χ0) is 23.3. The minimum Gasteiger partial charge on any atom is -0.392 e. The molecule has 3 rings (SSSR count). The number of benzene rings is 1. The van der Waals surface area contributed by atoms with Gasteiger partial charge in [0.2, 0.25) is 11.8 Å². The molecule has 2 heterocycles. The highest BCUT2D eigenvalue weighted by atomic mass is 35.5. The van der Waals surface area contributed by atoms with Crippen molar-refractivity contribution in [3.8, 4) is 0 Å². The average molecular weight is 468 g/mol. The summed E-state index contributed by atoms with van der Waals surface area (Å²) in [7, 11) is 0. The van der Waals surface area contributed by atoms with Crippen molar-refractivity contribution in [1.29, 1.82) is 0 Å². The van der Waals surface area contributed by atoms with Gasteiger partial charge in [-0.15, -0.1) is 0 Å². The van der Waals surface area contributed by atoms with Gasteiger partial charge in [0.05, 0.1) is 17.2 Å². The predicted octanol–water partition coefficient (Wildman–Crippen LogP) is 1.62. The highest BCUT2D eigenvalue weighted by Gasteiger charge is 2.28. The van der Waals surface area contributed by atoms with Crippen LogP contribution in [-0.4, -0.2) is 94.7 Å². The predicted molar refractivity (Wildman–Crippen MR) is 120 cm³/mol. The highest BCUT2D eigenvalue weighted by molar-refractivity contribution is 6.30. The van der Waals surface area contributed by atoms with Crippen molar-refractivity contribution in [2.24, 2.45) is 5.92 Å². The summed E-state index contributed by atoms with van der Waals surface area (Å²) in [6, 6.07) is 4.21. The number of hydrogen-bond donors (Lipinski definition) is 2. The molecule has 0 aromatic heterocycles. The molecular weight excluding hydrogens is 437 g/mol. The summed E-state index contributed by atoms with van der Waals surface area (Å²) in [6.45, 7) is 5.03. The zero-order valence-electron chi connectivity index (χ0n) is 18.3. The molecule has 0 bridgehead atoms. The molecule has 1 aromatic rings. The summed E-state index contributed by atoms with van der Waals surface area (Å²) >= 11 is 5.77. The fourth-order valence-electron chi connectivity index (χ4n) is 4.36. The monoisotopic (exact) mass is 467 g/mol. The highest BCUT2D eigenvalue weighted by Crippen LogP contribution is 2.18. The Kier molecular flexibility index (Phi) is 8.64. The quantitative estimate of drug-likeness (QED) is 0.621. The van der Waals surface area contributed by atoms with Gasteiger partial charge in [0.1, 0.15) is 5.82 Å². The second-order valence-corrected chi connectivity index (χ2v) is 9.20. The van der Waals surface area contributed by atoms with Crippen LogP contribution in [0, 0.1) is 11.7 Å². The zero-order valence-corrected chi connectivity index (χ0v) is 19.0. The van der Waals surface area contributed by atoms with E-state index in [-0.39, 0.29) is 35.9 Å². The molecule has 0 aliphatic carbocycles. The van der Waals surface area contributed by atoms with E-state index in [4.69, 9.17) is 11.6 Å². The Morgan fingerprint density at radius 2 is 2.06 bits per heavy atom. The maximum Gasteiger partial charge on any atom is 0.246 e. The van der Waals surface area contributed by atoms with Crippen molar-refractivity contribution in [2.45, 2.75) is 32.0 Å². The molecule has 2 aliphatic rings. The normalized spacial score (nSPS) is 24.1. The maximum absolute atomic E-state index is 13.3. The molecule has 2 amide bonds. The Balaban J connectivity index is 1.51. The first kappa shape index (κ1) is 24.6. The third-order valence-electron chi connectivity index (χ3n) is 5.88. The summed E-state index contributed by atoms with van der Waals surface area (Å²) in [5.74, 6) is -0.489. The summed E-state index contributed by atoms with van der Waals surface area (Å²) in [5.41, 5.74) is 0.609. The molecule has 2 N–H and O–H groups in total. The lowest BCUT2D eigenvalue weighted by Gasteiger charge is -2.36. The van der Waals surface area contributed by atoms with Crippen molar-refractivity contribution < 1.29 is 24.2 Å². The fraction of sp³-hybridized carbons (Fsp3) is 0.565. The van der Waals surface area contributed by atoms with Crippen molar-refractivity contribution >= 4 is 29.5 Å². The van der Waals surface area contributed by atoms with Crippen LogP contribution in [0.5, 0.6) is 0 Å². The van der Waals surface area contributed by atoms with E-state index in [2.05, 4.69) is 6.92 Å². The molecule has 2 fully saturated rings. The number of carbonyl (C=O) groups is 2. The number of β-amino-alcohol motifs (C(OH)–C–C–N with tert-alkyl or cyclic N) is 2. The van der Waals surface area contributed by atoms with Crippen LogP contribution < -0.4 is 0 Å². The summed E-state index contributed by atoms with van der Waals surface area (Å²) in [6.07, 6.45) is 2.81. The molecule has 0 radical (unpaired) electrons. The van der Waals surface area contributed by atoms with Gasteiger partial charge in [-0.25, -0.2) is 4.39 Å². The standard InChI is InChI=1S/C23H31ClFN3O4/c1-16-10-18(29)13-26(12-16)14-19(30)15-28-9-8-27(7-6-23(28)32)22(31)5-3-17-2-4-21(25)20(24)11-17/h2-5,11,16,18-19,29-30H,6-10,12-15H2,1H3/b5-3+/t16?,18?,19-/m1/s1. The molecular formula is C23H31ClFN3O4. The molecule has 176 valence electrons. The van der Waals surface area contributed by atoms with Gasteiger partial charge in [0, 0.05) is 58.3 Å². The third-order valence-corrected chi connectivity index (χ3v) is 6.16. The molecule has 0 spiro atoms. The number of aliphatic hydroxyl groups is 2. The topological polar surface area (TPSA) is 84.3 Å². The smallest absolute Gasteiger partial charge is 0.246 e. The Bertz CT molecular complexity index is 843. The molecule has 2 aliphatic heterocycles. The Morgan fingerprint density at radius 1 is 1.28 bits per heavy atom. The molecule has 32 heavy (non-hydrogen) atoms. The van der Waals surface area contributed by atoms with Crippen molar-refractivity contribution in [3.63, 3.8) is 0 Å². The Morgan fingerprint density at radius 3 is 2.78 bits per heavy atom. The Labute approximate surface area is 193 Å². The van der Waals surface area contributed by atoms with Crippen LogP contribution in [0.25, 0.3) is 6.08 Å². The van der Waals surface area contributed by atoms with Gasteiger partial charge in [-0.05, 0) is 36.1 Å². The van der Waals surface area contributed by atoms with Crippen LogP contribution in [-0.2, 0) is 9.59 Å². The number of aliphatic hydroxyl groups excluding tert-OH is 2. The van der Waals surface area contributed by atoms with Gasteiger partial charge in [0.25, 0.3) is 0 Å². The molecule has 0 saturated carbocycles. The number of carbonyl (C=O) groups excluding carboxylic acids is 2. The second kappa shape index (κ2) is 11.2. The Hall–Kier alpha value is -2.00. The maximum atomic E-state index is 13.3. The number of hydrogen-bond acceptors (Lipinski definition) is 5. The van der Waals surface area contributed by atoms with E-state index in [1.807, 2.05) is 4.90 Å². The second-order valence-electron chi connectivity index (χ2n) is 8.79. The molecule has 1 aromatic carbocycles. The average Bonchev–Trinajstić information content (AvgIpc) is 2.89. The fourth-order valence-corrected chi connectivity index (χ4v) is 4.54. The van der Waals surface area contributed by atoms with Crippen LogP contribution in [0.4, 0.5) is 4.39 Å². The van der Waals surface area contributed by atoms with Crippen molar-refractivity contribution in [1.82, 2.24) is 14.7 Å². The van der Waals surface area contributed by atoms with Crippen LogP contribution in [0.15, 0.2) is 24.3 Å². The van der Waals surface area contributed by atoms with E-state index in [1.54, 1.807) is 15.9 Å². The molecule has 9 heteroatoms. The van der Waals surface area contributed by atoms with Gasteiger partial charge in [0.15, 0.2) is 0 Å². The number of likely N-dealkylation sites (tertiary alicyclic amines) is 1. The van der Waals surface area contributed by atoms with Gasteiger partial charge in [-0.3, -0.25) is 14.5 Å². The SMILES string of the molecule is CC1CC(O)CN(C[C@@H](O)CN2CCN(C(=O)/C=C/c3ccc(F)c(Cl)c3)CCC2=O)C1. The summed E-state index contributed by atoms with van der Waals surface area (Å²) in [5, 5.41) is 20.4. The van der Waals surface area contributed by atoms with Gasteiger partial charge in [-0.1, -0.05) is 24.6 Å². The van der Waals surface area contributed by atoms with E-state index < -0.39 is 11.9 Å². The number of halogens is 2. The lowest BCUT2D eigenvalue weighted by atomic mass is 9.98. The van der Waals surface area contributed by atoms with Crippen LogP contribution >= 0.6 is 11.6 Å². The van der Waals surface area contributed by atoms with Gasteiger partial charge >= 0.3 is 0 Å². The molecule has 2 unspecified atom stereocenters. The van der Waals surface area contributed by atoms with E-state index in [0.717, 1.165) is 13.0 Å². The van der Waals surface area contributed by atoms with Crippen LogP contribution in [0.1, 0.15) is 25.3 Å². The number of amides is 2.